The zero-order valence-corrected chi connectivity index (χ0v) is 10.5. The number of carboxylic acid groups (broad SMARTS) is 1. The van der Waals surface area contributed by atoms with Crippen LogP contribution in [-0.2, 0) is 4.79 Å². The molecule has 1 aromatic rings. The SMILES string of the molecule is C#CCCCOc1cccc(Cl)c1/C=C/C(=O)O. The number of benzene rings is 1. The molecule has 0 unspecified atom stereocenters. The Morgan fingerprint density at radius 3 is 3.00 bits per heavy atom. The van der Waals surface area contributed by atoms with Gasteiger partial charge in [0.15, 0.2) is 0 Å². The molecule has 18 heavy (non-hydrogen) atoms. The van der Waals surface area contributed by atoms with Crippen LogP contribution in [0.2, 0.25) is 5.02 Å². The number of rotatable bonds is 6. The van der Waals surface area contributed by atoms with Crippen LogP contribution in [0.1, 0.15) is 18.4 Å². The van der Waals surface area contributed by atoms with Crippen molar-refractivity contribution in [2.24, 2.45) is 0 Å². The van der Waals surface area contributed by atoms with Crippen molar-refractivity contribution in [3.63, 3.8) is 0 Å². The highest BCUT2D eigenvalue weighted by atomic mass is 35.5. The fraction of sp³-hybridized carbons (Fsp3) is 0.214. The third-order valence-electron chi connectivity index (χ3n) is 2.13. The van der Waals surface area contributed by atoms with E-state index in [9.17, 15) is 4.79 Å². The first-order chi connectivity index (χ1) is 8.65. The molecule has 0 aliphatic carbocycles. The Morgan fingerprint density at radius 2 is 2.33 bits per heavy atom. The number of carboxylic acids is 1. The van der Waals surface area contributed by atoms with Crippen molar-refractivity contribution in [1.29, 1.82) is 0 Å². The van der Waals surface area contributed by atoms with Gasteiger partial charge in [-0.25, -0.2) is 4.79 Å². The summed E-state index contributed by atoms with van der Waals surface area (Å²) in [6.45, 7) is 0.471. The molecule has 0 aliphatic heterocycles. The van der Waals surface area contributed by atoms with Crippen molar-refractivity contribution in [2.75, 3.05) is 6.61 Å². The summed E-state index contributed by atoms with van der Waals surface area (Å²) in [7, 11) is 0. The van der Waals surface area contributed by atoms with Crippen molar-refractivity contribution < 1.29 is 14.6 Å². The molecule has 4 heteroatoms. The van der Waals surface area contributed by atoms with Gasteiger partial charge in [-0.1, -0.05) is 17.7 Å². The first kappa shape index (κ1) is 14.1. The lowest BCUT2D eigenvalue weighted by Crippen LogP contribution is -1.99. The normalized spacial score (nSPS) is 10.2. The van der Waals surface area contributed by atoms with Crippen molar-refractivity contribution >= 4 is 23.6 Å². The lowest BCUT2D eigenvalue weighted by molar-refractivity contribution is -0.131. The summed E-state index contributed by atoms with van der Waals surface area (Å²) in [5, 5.41) is 9.06. The van der Waals surface area contributed by atoms with Gasteiger partial charge in [-0.15, -0.1) is 12.3 Å². The number of unbranched alkanes of at least 4 members (excludes halogenated alkanes) is 1. The van der Waals surface area contributed by atoms with Gasteiger partial charge in [0.2, 0.25) is 0 Å². The highest BCUT2D eigenvalue weighted by molar-refractivity contribution is 6.32. The molecule has 0 fully saturated rings. The summed E-state index contributed by atoms with van der Waals surface area (Å²) in [4.78, 5) is 10.5. The molecular formula is C14H13ClO3. The Hall–Kier alpha value is -1.92. The van der Waals surface area contributed by atoms with Gasteiger partial charge >= 0.3 is 5.97 Å². The van der Waals surface area contributed by atoms with Crippen LogP contribution >= 0.6 is 11.6 Å². The van der Waals surface area contributed by atoms with E-state index in [-0.39, 0.29) is 0 Å². The zero-order chi connectivity index (χ0) is 13.4. The van der Waals surface area contributed by atoms with Gasteiger partial charge in [-0.2, -0.15) is 0 Å². The monoisotopic (exact) mass is 264 g/mol. The van der Waals surface area contributed by atoms with Crippen LogP contribution in [0.5, 0.6) is 5.75 Å². The summed E-state index contributed by atoms with van der Waals surface area (Å²) in [6.07, 6.45) is 8.96. The average Bonchev–Trinajstić information content (AvgIpc) is 2.33. The first-order valence-electron chi connectivity index (χ1n) is 5.41. The maximum atomic E-state index is 10.5. The lowest BCUT2D eigenvalue weighted by Gasteiger charge is -2.09. The molecule has 1 N–H and O–H groups in total. The van der Waals surface area contributed by atoms with E-state index < -0.39 is 5.97 Å². The molecule has 0 bridgehead atoms. The molecule has 0 radical (unpaired) electrons. The van der Waals surface area contributed by atoms with Crippen LogP contribution < -0.4 is 4.74 Å². The highest BCUT2D eigenvalue weighted by Gasteiger charge is 2.05. The van der Waals surface area contributed by atoms with Gasteiger partial charge in [0, 0.05) is 18.1 Å². The second-order valence-corrected chi connectivity index (χ2v) is 3.89. The van der Waals surface area contributed by atoms with Crippen molar-refractivity contribution in [2.45, 2.75) is 12.8 Å². The van der Waals surface area contributed by atoms with E-state index in [1.165, 1.54) is 6.08 Å². The fourth-order valence-electron chi connectivity index (χ4n) is 1.32. The summed E-state index contributed by atoms with van der Waals surface area (Å²) in [5.74, 6) is 2.04. The van der Waals surface area contributed by atoms with Crippen LogP contribution in [0.4, 0.5) is 0 Å². The molecule has 1 aromatic carbocycles. The third kappa shape index (κ3) is 4.52. The third-order valence-corrected chi connectivity index (χ3v) is 2.46. The number of ether oxygens (including phenoxy) is 1. The van der Waals surface area contributed by atoms with Crippen LogP contribution in [0.3, 0.4) is 0 Å². The molecule has 0 saturated carbocycles. The van der Waals surface area contributed by atoms with E-state index in [0.29, 0.717) is 29.4 Å². The number of hydrogen-bond acceptors (Lipinski definition) is 2. The maximum absolute atomic E-state index is 10.5. The van der Waals surface area contributed by atoms with Crippen LogP contribution in [-0.4, -0.2) is 17.7 Å². The minimum Gasteiger partial charge on any atom is -0.493 e. The van der Waals surface area contributed by atoms with Gasteiger partial charge in [0.05, 0.1) is 11.6 Å². The van der Waals surface area contributed by atoms with Crippen LogP contribution in [0, 0.1) is 12.3 Å². The smallest absolute Gasteiger partial charge is 0.328 e. The number of hydrogen-bond donors (Lipinski definition) is 1. The Kier molecular flexibility index (Phi) is 5.83. The molecule has 0 amide bonds. The number of aliphatic carboxylic acids is 1. The van der Waals surface area contributed by atoms with E-state index in [1.807, 2.05) is 0 Å². The Labute approximate surface area is 111 Å². The summed E-state index contributed by atoms with van der Waals surface area (Å²) in [6, 6.07) is 5.16. The molecule has 0 atom stereocenters. The molecule has 0 aromatic heterocycles. The van der Waals surface area contributed by atoms with Crippen LogP contribution in [0.15, 0.2) is 24.3 Å². The predicted molar refractivity (Wildman–Crippen MR) is 71.7 cm³/mol. The number of carbonyl (C=O) groups is 1. The fourth-order valence-corrected chi connectivity index (χ4v) is 1.54. The van der Waals surface area contributed by atoms with E-state index in [1.54, 1.807) is 18.2 Å². The summed E-state index contributed by atoms with van der Waals surface area (Å²) in [5.41, 5.74) is 0.558. The Balaban J connectivity index is 2.80. The highest BCUT2D eigenvalue weighted by Crippen LogP contribution is 2.27. The zero-order valence-electron chi connectivity index (χ0n) is 9.73. The molecule has 1 rings (SSSR count). The standard InChI is InChI=1S/C14H13ClO3/c1-2-3-4-10-18-13-7-5-6-12(15)11(13)8-9-14(16)17/h1,5-9H,3-4,10H2,(H,16,17)/b9-8+. The van der Waals surface area contributed by atoms with Gasteiger partial charge in [0.25, 0.3) is 0 Å². The molecule has 0 aliphatic rings. The maximum Gasteiger partial charge on any atom is 0.328 e. The van der Waals surface area contributed by atoms with Gasteiger partial charge in [-0.3, -0.25) is 0 Å². The van der Waals surface area contributed by atoms with Gasteiger partial charge in [0.1, 0.15) is 5.75 Å². The summed E-state index contributed by atoms with van der Waals surface area (Å²) < 4.78 is 5.53. The van der Waals surface area contributed by atoms with Gasteiger partial charge < -0.3 is 9.84 Å². The lowest BCUT2D eigenvalue weighted by atomic mass is 10.2. The van der Waals surface area contributed by atoms with Crippen molar-refractivity contribution in [3.8, 4) is 18.1 Å². The van der Waals surface area contributed by atoms with E-state index >= 15 is 0 Å². The van der Waals surface area contributed by atoms with Gasteiger partial charge in [-0.05, 0) is 24.6 Å². The summed E-state index contributed by atoms with van der Waals surface area (Å²) >= 11 is 6.00. The van der Waals surface area contributed by atoms with E-state index in [2.05, 4.69) is 5.92 Å². The second kappa shape index (κ2) is 7.41. The largest absolute Gasteiger partial charge is 0.493 e. The molecular weight excluding hydrogens is 252 g/mol. The van der Waals surface area contributed by atoms with Crippen molar-refractivity contribution in [1.82, 2.24) is 0 Å². The van der Waals surface area contributed by atoms with Crippen molar-refractivity contribution in [3.05, 3.63) is 34.9 Å². The molecule has 94 valence electrons. The predicted octanol–water partition coefficient (Wildman–Crippen LogP) is 3.23. The minimum absolute atomic E-state index is 0.446. The molecule has 0 saturated heterocycles. The molecule has 0 spiro atoms. The first-order valence-corrected chi connectivity index (χ1v) is 5.78. The quantitative estimate of drug-likeness (QED) is 0.487. The Bertz CT molecular complexity index is 486. The molecule has 0 heterocycles. The number of terminal acetylenes is 1. The molecule has 3 nitrogen and oxygen atoms in total. The van der Waals surface area contributed by atoms with Crippen LogP contribution in [0.25, 0.3) is 6.08 Å². The average molecular weight is 265 g/mol. The second-order valence-electron chi connectivity index (χ2n) is 3.48. The Morgan fingerprint density at radius 1 is 1.56 bits per heavy atom. The van der Waals surface area contributed by atoms with E-state index in [0.717, 1.165) is 12.5 Å². The number of halogens is 1. The van der Waals surface area contributed by atoms with E-state index in [4.69, 9.17) is 27.9 Å². The minimum atomic E-state index is -1.03. The topological polar surface area (TPSA) is 46.5 Å².